The van der Waals surface area contributed by atoms with Crippen LogP contribution >= 0.6 is 0 Å². The summed E-state index contributed by atoms with van der Waals surface area (Å²) in [5.41, 5.74) is 9.04. The Morgan fingerprint density at radius 3 is 2.18 bits per heavy atom. The second-order valence-electron chi connectivity index (χ2n) is 7.82. The van der Waals surface area contributed by atoms with Gasteiger partial charge >= 0.3 is 0 Å². The molecule has 1 aromatic carbocycles. The minimum absolute atomic E-state index is 0.205. The van der Waals surface area contributed by atoms with E-state index in [-0.39, 0.29) is 5.41 Å². The lowest BCUT2D eigenvalue weighted by Gasteiger charge is -2.39. The maximum Gasteiger partial charge on any atom is 0.0470 e. The molecule has 1 heterocycles. The van der Waals surface area contributed by atoms with Gasteiger partial charge in [-0.3, -0.25) is 4.90 Å². The Kier molecular flexibility index (Phi) is 5.65. The van der Waals surface area contributed by atoms with E-state index in [0.717, 1.165) is 0 Å². The normalized spacial score (nSPS) is 19.6. The van der Waals surface area contributed by atoms with Crippen molar-refractivity contribution < 1.29 is 0 Å². The third-order valence-corrected chi connectivity index (χ3v) is 5.14. The monoisotopic (exact) mass is 303 g/mol. The molecule has 1 aliphatic heterocycles. The predicted octanol–water partition coefficient (Wildman–Crippen LogP) is 3.01. The number of hydrogen-bond donors (Lipinski definition) is 1. The van der Waals surface area contributed by atoms with Crippen molar-refractivity contribution in [2.75, 3.05) is 33.7 Å². The molecule has 1 fully saturated rings. The summed E-state index contributed by atoms with van der Waals surface area (Å²) < 4.78 is 0. The highest BCUT2D eigenvalue weighted by atomic mass is 15.2. The van der Waals surface area contributed by atoms with E-state index < -0.39 is 0 Å². The molecule has 0 spiro atoms. The van der Waals surface area contributed by atoms with Crippen molar-refractivity contribution in [2.24, 2.45) is 5.73 Å². The molecular weight excluding hydrogens is 270 g/mol. The molecule has 0 aliphatic carbocycles. The number of benzene rings is 1. The van der Waals surface area contributed by atoms with E-state index in [9.17, 15) is 0 Å². The summed E-state index contributed by atoms with van der Waals surface area (Å²) >= 11 is 0. The Balaban J connectivity index is 2.10. The zero-order valence-electron chi connectivity index (χ0n) is 15.0. The van der Waals surface area contributed by atoms with E-state index in [2.05, 4.69) is 68.9 Å². The van der Waals surface area contributed by atoms with Crippen LogP contribution in [0.15, 0.2) is 24.3 Å². The average molecular weight is 303 g/mol. The summed E-state index contributed by atoms with van der Waals surface area (Å²) in [6.45, 7) is 9.83. The largest absolute Gasteiger partial charge is 0.329 e. The molecule has 22 heavy (non-hydrogen) atoms. The van der Waals surface area contributed by atoms with Crippen LogP contribution in [0, 0.1) is 0 Å². The lowest BCUT2D eigenvalue weighted by molar-refractivity contribution is 0.109. The summed E-state index contributed by atoms with van der Waals surface area (Å²) in [5, 5.41) is 0. The summed E-state index contributed by atoms with van der Waals surface area (Å²) in [7, 11) is 4.45. The Bertz CT molecular complexity index is 453. The third-order valence-electron chi connectivity index (χ3n) is 5.14. The lowest BCUT2D eigenvalue weighted by Crippen LogP contribution is -2.45. The number of likely N-dealkylation sites (tertiary alicyclic amines) is 1. The van der Waals surface area contributed by atoms with Gasteiger partial charge in [-0.2, -0.15) is 0 Å². The number of piperidine rings is 1. The predicted molar refractivity (Wildman–Crippen MR) is 95.2 cm³/mol. The first-order valence-corrected chi connectivity index (χ1v) is 8.54. The van der Waals surface area contributed by atoms with E-state index in [4.69, 9.17) is 5.73 Å². The van der Waals surface area contributed by atoms with Crippen LogP contribution in [0.5, 0.6) is 0 Å². The van der Waals surface area contributed by atoms with Crippen LogP contribution in [-0.4, -0.2) is 49.6 Å². The molecule has 124 valence electrons. The third kappa shape index (κ3) is 4.09. The smallest absolute Gasteiger partial charge is 0.0470 e. The van der Waals surface area contributed by atoms with E-state index in [1.807, 2.05) is 0 Å². The van der Waals surface area contributed by atoms with Crippen molar-refractivity contribution in [3.05, 3.63) is 35.4 Å². The molecule has 1 atom stereocenters. The zero-order valence-corrected chi connectivity index (χ0v) is 15.0. The highest BCUT2D eigenvalue weighted by Gasteiger charge is 2.26. The Morgan fingerprint density at radius 1 is 1.18 bits per heavy atom. The Morgan fingerprint density at radius 2 is 1.73 bits per heavy atom. The van der Waals surface area contributed by atoms with Crippen LogP contribution in [0.2, 0.25) is 0 Å². The summed E-state index contributed by atoms with van der Waals surface area (Å²) in [6, 6.07) is 10.0. The first-order chi connectivity index (χ1) is 10.3. The molecule has 2 rings (SSSR count). The van der Waals surface area contributed by atoms with Crippen molar-refractivity contribution in [2.45, 2.75) is 51.1 Å². The van der Waals surface area contributed by atoms with Gasteiger partial charge in [0.15, 0.2) is 0 Å². The molecule has 0 bridgehead atoms. The average Bonchev–Trinajstić information content (AvgIpc) is 2.48. The topological polar surface area (TPSA) is 32.5 Å². The van der Waals surface area contributed by atoms with Crippen molar-refractivity contribution >= 4 is 0 Å². The lowest BCUT2D eigenvalue weighted by atomic mass is 9.86. The van der Waals surface area contributed by atoms with Crippen LogP contribution < -0.4 is 5.73 Å². The van der Waals surface area contributed by atoms with Gasteiger partial charge in [-0.05, 0) is 56.6 Å². The van der Waals surface area contributed by atoms with Gasteiger partial charge in [0.2, 0.25) is 0 Å². The van der Waals surface area contributed by atoms with Crippen LogP contribution in [0.1, 0.15) is 50.8 Å². The quantitative estimate of drug-likeness (QED) is 0.928. The van der Waals surface area contributed by atoms with Gasteiger partial charge < -0.3 is 10.6 Å². The second kappa shape index (κ2) is 7.12. The summed E-state index contributed by atoms with van der Waals surface area (Å²) in [6.07, 6.45) is 2.48. The van der Waals surface area contributed by atoms with Crippen molar-refractivity contribution in [3.63, 3.8) is 0 Å². The number of likely N-dealkylation sites (N-methyl/N-ethyl adjacent to an activating group) is 1. The molecular formula is C19H33N3. The molecule has 3 nitrogen and oxygen atoms in total. The minimum Gasteiger partial charge on any atom is -0.329 e. The first kappa shape index (κ1) is 17.5. The van der Waals surface area contributed by atoms with Gasteiger partial charge in [0, 0.05) is 18.6 Å². The fourth-order valence-electron chi connectivity index (χ4n) is 3.40. The maximum atomic E-state index is 6.11. The van der Waals surface area contributed by atoms with Gasteiger partial charge in [0.05, 0.1) is 0 Å². The van der Waals surface area contributed by atoms with Crippen molar-refractivity contribution in [1.29, 1.82) is 0 Å². The molecule has 0 radical (unpaired) electrons. The van der Waals surface area contributed by atoms with Crippen LogP contribution in [0.3, 0.4) is 0 Å². The first-order valence-electron chi connectivity index (χ1n) is 8.54. The molecule has 2 N–H and O–H groups in total. The van der Waals surface area contributed by atoms with E-state index in [0.29, 0.717) is 18.6 Å². The second-order valence-corrected chi connectivity index (χ2v) is 7.82. The number of rotatable bonds is 4. The molecule has 3 heteroatoms. The zero-order chi connectivity index (χ0) is 16.3. The van der Waals surface area contributed by atoms with E-state index in [1.54, 1.807) is 0 Å². The number of hydrogen-bond acceptors (Lipinski definition) is 3. The highest BCUT2D eigenvalue weighted by Crippen LogP contribution is 2.28. The molecule has 0 amide bonds. The van der Waals surface area contributed by atoms with E-state index in [1.165, 1.54) is 37.1 Å². The van der Waals surface area contributed by atoms with Crippen molar-refractivity contribution in [1.82, 2.24) is 9.80 Å². The Hall–Kier alpha value is -0.900. The van der Waals surface area contributed by atoms with Gasteiger partial charge in [0.25, 0.3) is 0 Å². The Labute approximate surface area is 136 Å². The molecule has 1 saturated heterocycles. The van der Waals surface area contributed by atoms with E-state index >= 15 is 0 Å². The standard InChI is InChI=1S/C19H33N3/c1-19(2,3)16-8-6-15(7-9-16)18(14-20)22(5)17-10-12-21(4)13-11-17/h6-9,17-18H,10-14,20H2,1-5H3. The molecule has 1 aromatic rings. The number of nitrogens with two attached hydrogens (primary N) is 1. The number of nitrogens with zero attached hydrogens (tertiary/aromatic N) is 2. The van der Waals surface area contributed by atoms with Crippen LogP contribution in [0.25, 0.3) is 0 Å². The van der Waals surface area contributed by atoms with Gasteiger partial charge in [0.1, 0.15) is 0 Å². The van der Waals surface area contributed by atoms with Crippen LogP contribution in [0.4, 0.5) is 0 Å². The fraction of sp³-hybridized carbons (Fsp3) is 0.684. The highest BCUT2D eigenvalue weighted by molar-refractivity contribution is 5.29. The molecule has 0 aromatic heterocycles. The fourth-order valence-corrected chi connectivity index (χ4v) is 3.40. The van der Waals surface area contributed by atoms with Crippen LogP contribution in [-0.2, 0) is 5.41 Å². The summed E-state index contributed by atoms with van der Waals surface area (Å²) in [5.74, 6) is 0. The van der Waals surface area contributed by atoms with Gasteiger partial charge in [-0.15, -0.1) is 0 Å². The molecule has 1 aliphatic rings. The maximum absolute atomic E-state index is 6.11. The minimum atomic E-state index is 0.205. The van der Waals surface area contributed by atoms with Crippen molar-refractivity contribution in [3.8, 4) is 0 Å². The van der Waals surface area contributed by atoms with Gasteiger partial charge in [-0.25, -0.2) is 0 Å². The molecule has 0 saturated carbocycles. The SMILES string of the molecule is CN1CCC(N(C)C(CN)c2ccc(C(C)(C)C)cc2)CC1. The van der Waals surface area contributed by atoms with Gasteiger partial charge in [-0.1, -0.05) is 45.0 Å². The summed E-state index contributed by atoms with van der Waals surface area (Å²) in [4.78, 5) is 4.92. The molecule has 1 unspecified atom stereocenters.